The molecule has 26 heavy (non-hydrogen) atoms. The maximum atomic E-state index is 12.3. The summed E-state index contributed by atoms with van der Waals surface area (Å²) in [7, 11) is -2.11. The molecule has 1 heterocycles. The molecule has 0 saturated heterocycles. The van der Waals surface area contributed by atoms with E-state index in [9.17, 15) is 13.2 Å². The van der Waals surface area contributed by atoms with E-state index in [1.54, 1.807) is 19.1 Å². The number of methoxy groups -OCH3 is 1. The van der Waals surface area contributed by atoms with Gasteiger partial charge in [-0.05, 0) is 56.2 Å². The number of carbonyl (C=O) groups excluding carboxylic acids is 1. The lowest BCUT2D eigenvalue weighted by Gasteiger charge is -2.13. The van der Waals surface area contributed by atoms with Crippen LogP contribution in [0.2, 0.25) is 0 Å². The topological polar surface area (TPSA) is 84.5 Å². The van der Waals surface area contributed by atoms with Gasteiger partial charge < -0.3 is 10.1 Å². The minimum Gasteiger partial charge on any atom is -0.383 e. The van der Waals surface area contributed by atoms with Gasteiger partial charge in [0.2, 0.25) is 10.0 Å². The molecule has 0 spiro atoms. The van der Waals surface area contributed by atoms with Crippen molar-refractivity contribution in [1.82, 2.24) is 4.72 Å². The molecule has 1 aromatic heterocycles. The highest BCUT2D eigenvalue weighted by Gasteiger charge is 2.18. The van der Waals surface area contributed by atoms with Gasteiger partial charge in [0.15, 0.2) is 0 Å². The average Bonchev–Trinajstić information content (AvgIpc) is 2.96. The Morgan fingerprint density at radius 1 is 1.27 bits per heavy atom. The van der Waals surface area contributed by atoms with Crippen molar-refractivity contribution in [3.8, 4) is 0 Å². The highest BCUT2D eigenvalue weighted by atomic mass is 32.2. The van der Waals surface area contributed by atoms with Crippen LogP contribution in [0, 0.1) is 6.92 Å². The lowest BCUT2D eigenvalue weighted by molar-refractivity contribution is 0.103. The fourth-order valence-corrected chi connectivity index (χ4v) is 4.75. The summed E-state index contributed by atoms with van der Waals surface area (Å²) in [5.74, 6) is -0.194. The number of benzene rings is 1. The second-order valence-electron chi connectivity index (χ2n) is 6.00. The third-order valence-electron chi connectivity index (χ3n) is 3.82. The summed E-state index contributed by atoms with van der Waals surface area (Å²) in [5, 5.41) is 2.80. The molecular formula is C18H24N2O4S2. The van der Waals surface area contributed by atoms with Crippen LogP contribution in [-0.2, 0) is 21.2 Å². The standard InChI is InChI=1S/C18H24N2O4S2/c1-5-14-10-17(25-13(14)3)18(21)19-15-6-8-16(9-7-15)26(22,23)20-12(2)11-24-4/h6-10,12,20H,5,11H2,1-4H3,(H,19,21). The van der Waals surface area contributed by atoms with Gasteiger partial charge in [0.05, 0.1) is 16.4 Å². The normalized spacial score (nSPS) is 12.8. The first-order valence-corrected chi connectivity index (χ1v) is 10.6. The van der Waals surface area contributed by atoms with E-state index in [0.717, 1.165) is 16.9 Å². The second-order valence-corrected chi connectivity index (χ2v) is 8.97. The molecule has 1 amide bonds. The maximum Gasteiger partial charge on any atom is 0.265 e. The van der Waals surface area contributed by atoms with E-state index in [4.69, 9.17) is 4.74 Å². The molecule has 0 bridgehead atoms. The first-order valence-electron chi connectivity index (χ1n) is 8.28. The third kappa shape index (κ3) is 5.14. The molecule has 8 heteroatoms. The number of anilines is 1. The van der Waals surface area contributed by atoms with Crippen LogP contribution < -0.4 is 10.0 Å². The van der Waals surface area contributed by atoms with Crippen molar-refractivity contribution < 1.29 is 17.9 Å². The summed E-state index contributed by atoms with van der Waals surface area (Å²) in [5.41, 5.74) is 1.71. The zero-order chi connectivity index (χ0) is 19.3. The molecular weight excluding hydrogens is 372 g/mol. The van der Waals surface area contributed by atoms with Crippen LogP contribution in [0.5, 0.6) is 0 Å². The van der Waals surface area contributed by atoms with Crippen LogP contribution in [0.3, 0.4) is 0 Å². The van der Waals surface area contributed by atoms with Crippen LogP contribution in [0.1, 0.15) is 34.0 Å². The number of thiophene rings is 1. The smallest absolute Gasteiger partial charge is 0.265 e. The Morgan fingerprint density at radius 3 is 2.46 bits per heavy atom. The SMILES string of the molecule is CCc1cc(C(=O)Nc2ccc(S(=O)(=O)NC(C)COC)cc2)sc1C. The van der Waals surface area contributed by atoms with Crippen LogP contribution in [0.15, 0.2) is 35.2 Å². The average molecular weight is 397 g/mol. The van der Waals surface area contributed by atoms with Crippen molar-refractivity contribution in [3.05, 3.63) is 45.6 Å². The summed E-state index contributed by atoms with van der Waals surface area (Å²) in [4.78, 5) is 14.3. The van der Waals surface area contributed by atoms with Crippen LogP contribution in [0.25, 0.3) is 0 Å². The van der Waals surface area contributed by atoms with E-state index < -0.39 is 10.0 Å². The van der Waals surface area contributed by atoms with E-state index in [1.807, 2.05) is 13.0 Å². The molecule has 142 valence electrons. The highest BCUT2D eigenvalue weighted by molar-refractivity contribution is 7.89. The molecule has 0 radical (unpaired) electrons. The Bertz CT molecular complexity index is 858. The predicted octanol–water partition coefficient (Wildman–Crippen LogP) is 3.18. The minimum absolute atomic E-state index is 0.138. The van der Waals surface area contributed by atoms with E-state index in [1.165, 1.54) is 30.6 Å². The predicted molar refractivity (Wildman–Crippen MR) is 104 cm³/mol. The molecule has 0 saturated carbocycles. The Hall–Kier alpha value is -1.74. The Morgan fingerprint density at radius 2 is 1.92 bits per heavy atom. The minimum atomic E-state index is -3.63. The molecule has 0 aliphatic heterocycles. The molecule has 2 rings (SSSR count). The van der Waals surface area contributed by atoms with Gasteiger partial charge in [-0.2, -0.15) is 0 Å². The lowest BCUT2D eigenvalue weighted by Crippen LogP contribution is -2.35. The molecule has 6 nitrogen and oxygen atoms in total. The molecule has 0 aliphatic carbocycles. The van der Waals surface area contributed by atoms with E-state index in [0.29, 0.717) is 10.6 Å². The summed E-state index contributed by atoms with van der Waals surface area (Å²) in [6.07, 6.45) is 0.886. The molecule has 1 atom stereocenters. The van der Waals surface area contributed by atoms with Gasteiger partial charge in [0, 0.05) is 23.7 Å². The van der Waals surface area contributed by atoms with Crippen molar-refractivity contribution in [2.24, 2.45) is 0 Å². The van der Waals surface area contributed by atoms with Gasteiger partial charge >= 0.3 is 0 Å². The maximum absolute atomic E-state index is 12.3. The molecule has 0 fully saturated rings. The number of hydrogen-bond donors (Lipinski definition) is 2. The van der Waals surface area contributed by atoms with Gasteiger partial charge in [0.25, 0.3) is 5.91 Å². The highest BCUT2D eigenvalue weighted by Crippen LogP contribution is 2.23. The number of nitrogens with one attached hydrogen (secondary N) is 2. The monoisotopic (exact) mass is 396 g/mol. The molecule has 0 aliphatic rings. The number of carbonyl (C=O) groups is 1. The fraction of sp³-hybridized carbons (Fsp3) is 0.389. The Kier molecular flexibility index (Phi) is 6.94. The summed E-state index contributed by atoms with van der Waals surface area (Å²) < 4.78 is 32.1. The zero-order valence-electron chi connectivity index (χ0n) is 15.3. The first-order chi connectivity index (χ1) is 12.3. The quantitative estimate of drug-likeness (QED) is 0.718. The van der Waals surface area contributed by atoms with Gasteiger partial charge in [-0.15, -0.1) is 11.3 Å². The summed E-state index contributed by atoms with van der Waals surface area (Å²) >= 11 is 1.46. The second kappa shape index (κ2) is 8.77. The van der Waals surface area contributed by atoms with Crippen molar-refractivity contribution in [2.45, 2.75) is 38.1 Å². The van der Waals surface area contributed by atoms with E-state index >= 15 is 0 Å². The molecule has 2 N–H and O–H groups in total. The summed E-state index contributed by atoms with van der Waals surface area (Å²) in [6.45, 7) is 6.06. The third-order valence-corrected chi connectivity index (χ3v) is 6.52. The molecule has 1 unspecified atom stereocenters. The van der Waals surface area contributed by atoms with Gasteiger partial charge in [0.1, 0.15) is 0 Å². The lowest BCUT2D eigenvalue weighted by atomic mass is 10.2. The van der Waals surface area contributed by atoms with Crippen molar-refractivity contribution in [3.63, 3.8) is 0 Å². The first kappa shape index (κ1) is 20.6. The van der Waals surface area contributed by atoms with Gasteiger partial charge in [-0.3, -0.25) is 4.79 Å². The van der Waals surface area contributed by atoms with Crippen molar-refractivity contribution in [2.75, 3.05) is 19.0 Å². The van der Waals surface area contributed by atoms with Gasteiger partial charge in [-0.25, -0.2) is 13.1 Å². The molecule has 1 aromatic carbocycles. The number of ether oxygens (including phenoxy) is 1. The fourth-order valence-electron chi connectivity index (χ4n) is 2.51. The van der Waals surface area contributed by atoms with Crippen LogP contribution >= 0.6 is 11.3 Å². The number of rotatable bonds is 8. The Labute approximate surface area is 158 Å². The largest absolute Gasteiger partial charge is 0.383 e. The summed E-state index contributed by atoms with van der Waals surface area (Å²) in [6, 6.07) is 7.65. The van der Waals surface area contributed by atoms with Gasteiger partial charge in [-0.1, -0.05) is 6.92 Å². The number of aryl methyl sites for hydroxylation is 2. The van der Waals surface area contributed by atoms with E-state index in [-0.39, 0.29) is 23.5 Å². The van der Waals surface area contributed by atoms with Crippen LogP contribution in [-0.4, -0.2) is 34.1 Å². The van der Waals surface area contributed by atoms with Crippen molar-refractivity contribution >= 4 is 33.0 Å². The number of sulfonamides is 1. The van der Waals surface area contributed by atoms with E-state index in [2.05, 4.69) is 17.0 Å². The Balaban J connectivity index is 2.08. The van der Waals surface area contributed by atoms with Crippen molar-refractivity contribution in [1.29, 1.82) is 0 Å². The molecule has 2 aromatic rings. The number of amides is 1. The zero-order valence-corrected chi connectivity index (χ0v) is 17.0. The van der Waals surface area contributed by atoms with Crippen LogP contribution in [0.4, 0.5) is 5.69 Å². The number of hydrogen-bond acceptors (Lipinski definition) is 5.